The van der Waals surface area contributed by atoms with Crippen LogP contribution in [-0.4, -0.2) is 29.6 Å². The monoisotopic (exact) mass is 456 g/mol. The third kappa shape index (κ3) is 4.20. The van der Waals surface area contributed by atoms with Gasteiger partial charge in [-0.3, -0.25) is 14.5 Å². The number of hydrogen-bond acceptors (Lipinski definition) is 6. The molecule has 0 atom stereocenters. The summed E-state index contributed by atoms with van der Waals surface area (Å²) in [5.74, 6) is 1.18. The van der Waals surface area contributed by atoms with E-state index in [0.29, 0.717) is 34.1 Å². The molecule has 2 aliphatic heterocycles. The van der Waals surface area contributed by atoms with Crippen molar-refractivity contribution in [2.75, 3.05) is 12.1 Å². The molecule has 0 bridgehead atoms. The summed E-state index contributed by atoms with van der Waals surface area (Å²) in [6.45, 7) is 4.23. The number of rotatable bonds is 7. The molecule has 2 heterocycles. The SMILES string of the molecule is CC(C)Oc1ccc(C2=C(Nc3ccc4c(c3)OCO4)C(=O)N(Cc3ccccc3)C2=O)cc1. The van der Waals surface area contributed by atoms with E-state index in [1.807, 2.05) is 44.2 Å². The van der Waals surface area contributed by atoms with Gasteiger partial charge in [0.15, 0.2) is 11.5 Å². The van der Waals surface area contributed by atoms with Crippen LogP contribution in [-0.2, 0) is 16.1 Å². The average molecular weight is 456 g/mol. The summed E-state index contributed by atoms with van der Waals surface area (Å²) in [6, 6.07) is 22.0. The smallest absolute Gasteiger partial charge is 0.278 e. The molecule has 0 spiro atoms. The Bertz CT molecular complexity index is 1270. The summed E-state index contributed by atoms with van der Waals surface area (Å²) >= 11 is 0. The molecule has 3 aromatic carbocycles. The van der Waals surface area contributed by atoms with Gasteiger partial charge in [0, 0.05) is 11.8 Å². The topological polar surface area (TPSA) is 77.1 Å². The Labute approximate surface area is 197 Å². The lowest BCUT2D eigenvalue weighted by molar-refractivity contribution is -0.137. The highest BCUT2D eigenvalue weighted by molar-refractivity contribution is 6.36. The molecule has 0 unspecified atom stereocenters. The van der Waals surface area contributed by atoms with Gasteiger partial charge in [0.1, 0.15) is 11.4 Å². The fourth-order valence-electron chi connectivity index (χ4n) is 3.96. The molecule has 0 saturated heterocycles. The number of carbonyl (C=O) groups excluding carboxylic acids is 2. The summed E-state index contributed by atoms with van der Waals surface area (Å²) in [4.78, 5) is 28.2. The number of anilines is 1. The summed E-state index contributed by atoms with van der Waals surface area (Å²) in [5.41, 5.74) is 2.66. The van der Waals surface area contributed by atoms with Crippen molar-refractivity contribution in [1.29, 1.82) is 0 Å². The Hall–Kier alpha value is -4.26. The van der Waals surface area contributed by atoms with E-state index in [1.165, 1.54) is 4.90 Å². The van der Waals surface area contributed by atoms with Gasteiger partial charge in [-0.05, 0) is 49.2 Å². The van der Waals surface area contributed by atoms with Crippen molar-refractivity contribution in [2.45, 2.75) is 26.5 Å². The van der Waals surface area contributed by atoms with Crippen LogP contribution in [0.1, 0.15) is 25.0 Å². The van der Waals surface area contributed by atoms with Crippen LogP contribution in [0.2, 0.25) is 0 Å². The minimum atomic E-state index is -0.385. The lowest BCUT2D eigenvalue weighted by atomic mass is 10.0. The first-order valence-corrected chi connectivity index (χ1v) is 11.1. The number of nitrogens with one attached hydrogen (secondary N) is 1. The first-order chi connectivity index (χ1) is 16.5. The number of nitrogens with zero attached hydrogens (tertiary/aromatic N) is 1. The number of benzene rings is 3. The highest BCUT2D eigenvalue weighted by Gasteiger charge is 2.39. The minimum Gasteiger partial charge on any atom is -0.491 e. The van der Waals surface area contributed by atoms with Gasteiger partial charge in [-0.2, -0.15) is 0 Å². The van der Waals surface area contributed by atoms with Crippen molar-refractivity contribution in [2.24, 2.45) is 0 Å². The lowest BCUT2D eigenvalue weighted by Gasteiger charge is -2.15. The Morgan fingerprint density at radius 3 is 2.38 bits per heavy atom. The molecular formula is C27H24N2O5. The zero-order valence-corrected chi connectivity index (χ0v) is 18.9. The first-order valence-electron chi connectivity index (χ1n) is 11.1. The second-order valence-electron chi connectivity index (χ2n) is 8.32. The van der Waals surface area contributed by atoms with Gasteiger partial charge in [0.25, 0.3) is 11.8 Å². The van der Waals surface area contributed by atoms with Crippen molar-refractivity contribution >= 4 is 23.1 Å². The molecule has 172 valence electrons. The second kappa shape index (κ2) is 8.94. The molecule has 34 heavy (non-hydrogen) atoms. The number of imide groups is 1. The summed E-state index contributed by atoms with van der Waals surface area (Å²) < 4.78 is 16.5. The van der Waals surface area contributed by atoms with E-state index in [2.05, 4.69) is 5.32 Å². The van der Waals surface area contributed by atoms with Gasteiger partial charge >= 0.3 is 0 Å². The molecule has 3 aromatic rings. The van der Waals surface area contributed by atoms with Crippen LogP contribution in [0.15, 0.2) is 78.5 Å². The summed E-state index contributed by atoms with van der Waals surface area (Å²) in [6.07, 6.45) is 0.0318. The van der Waals surface area contributed by atoms with Gasteiger partial charge in [0.05, 0.1) is 18.2 Å². The van der Waals surface area contributed by atoms with Crippen LogP contribution in [0, 0.1) is 0 Å². The number of hydrogen-bond donors (Lipinski definition) is 1. The predicted molar refractivity (Wildman–Crippen MR) is 127 cm³/mol. The number of amides is 2. The fourth-order valence-corrected chi connectivity index (χ4v) is 3.96. The molecule has 0 radical (unpaired) electrons. The van der Waals surface area contributed by atoms with Gasteiger partial charge in [-0.1, -0.05) is 42.5 Å². The van der Waals surface area contributed by atoms with Crippen LogP contribution in [0.25, 0.3) is 5.57 Å². The van der Waals surface area contributed by atoms with Crippen molar-refractivity contribution in [3.05, 3.63) is 89.6 Å². The van der Waals surface area contributed by atoms with Gasteiger partial charge in [0.2, 0.25) is 6.79 Å². The summed E-state index contributed by atoms with van der Waals surface area (Å²) in [7, 11) is 0. The minimum absolute atomic E-state index is 0.0318. The molecule has 0 saturated carbocycles. The van der Waals surface area contributed by atoms with Crippen LogP contribution in [0.5, 0.6) is 17.2 Å². The molecule has 1 N–H and O–H groups in total. The highest BCUT2D eigenvalue weighted by Crippen LogP contribution is 2.37. The summed E-state index contributed by atoms with van der Waals surface area (Å²) in [5, 5.41) is 3.16. The highest BCUT2D eigenvalue weighted by atomic mass is 16.7. The molecule has 0 aromatic heterocycles. The third-order valence-electron chi connectivity index (χ3n) is 5.51. The molecule has 0 aliphatic carbocycles. The van der Waals surface area contributed by atoms with Crippen LogP contribution < -0.4 is 19.5 Å². The van der Waals surface area contributed by atoms with E-state index >= 15 is 0 Å². The largest absolute Gasteiger partial charge is 0.491 e. The quantitative estimate of drug-likeness (QED) is 0.524. The molecule has 5 rings (SSSR count). The Balaban J connectivity index is 1.51. The van der Waals surface area contributed by atoms with E-state index in [-0.39, 0.29) is 37.0 Å². The van der Waals surface area contributed by atoms with Crippen molar-refractivity contribution in [3.8, 4) is 17.2 Å². The zero-order chi connectivity index (χ0) is 23.7. The molecular weight excluding hydrogens is 432 g/mol. The maximum Gasteiger partial charge on any atom is 0.278 e. The van der Waals surface area contributed by atoms with Gasteiger partial charge in [-0.25, -0.2) is 0 Å². The number of ether oxygens (including phenoxy) is 3. The van der Waals surface area contributed by atoms with E-state index in [0.717, 1.165) is 5.56 Å². The fraction of sp³-hybridized carbons (Fsp3) is 0.185. The Morgan fingerprint density at radius 1 is 0.912 bits per heavy atom. The van der Waals surface area contributed by atoms with Crippen molar-refractivity contribution in [1.82, 2.24) is 4.90 Å². The first kappa shape index (κ1) is 21.6. The maximum atomic E-state index is 13.5. The predicted octanol–water partition coefficient (Wildman–Crippen LogP) is 4.59. The third-order valence-corrected chi connectivity index (χ3v) is 5.51. The second-order valence-corrected chi connectivity index (χ2v) is 8.32. The molecule has 7 heteroatoms. The molecule has 7 nitrogen and oxygen atoms in total. The zero-order valence-electron chi connectivity index (χ0n) is 18.9. The van der Waals surface area contributed by atoms with Gasteiger partial charge in [-0.15, -0.1) is 0 Å². The lowest BCUT2D eigenvalue weighted by Crippen LogP contribution is -2.31. The van der Waals surface area contributed by atoms with E-state index < -0.39 is 0 Å². The average Bonchev–Trinajstić information content (AvgIpc) is 3.38. The molecule has 2 aliphatic rings. The van der Waals surface area contributed by atoms with Crippen molar-refractivity contribution < 1.29 is 23.8 Å². The normalized spacial score (nSPS) is 14.9. The number of fused-ring (bicyclic) bond motifs is 1. The molecule has 0 fully saturated rings. The number of carbonyl (C=O) groups is 2. The van der Waals surface area contributed by atoms with E-state index in [9.17, 15) is 9.59 Å². The Morgan fingerprint density at radius 2 is 1.65 bits per heavy atom. The van der Waals surface area contributed by atoms with Crippen molar-refractivity contribution in [3.63, 3.8) is 0 Å². The van der Waals surface area contributed by atoms with E-state index in [1.54, 1.807) is 42.5 Å². The van der Waals surface area contributed by atoms with Crippen LogP contribution in [0.3, 0.4) is 0 Å². The molecule has 2 amide bonds. The van der Waals surface area contributed by atoms with Crippen LogP contribution in [0.4, 0.5) is 5.69 Å². The maximum absolute atomic E-state index is 13.5. The standard InChI is InChI=1S/C27H24N2O5/c1-17(2)34-21-11-8-19(9-12-21)24-25(28-20-10-13-22-23(14-20)33-16-32-22)27(31)29(26(24)30)15-18-6-4-3-5-7-18/h3-14,17,28H,15-16H2,1-2H3. The van der Waals surface area contributed by atoms with E-state index in [4.69, 9.17) is 14.2 Å². The van der Waals surface area contributed by atoms with Gasteiger partial charge < -0.3 is 19.5 Å². The Kier molecular flexibility index (Phi) is 5.67. The van der Waals surface area contributed by atoms with Crippen LogP contribution >= 0.6 is 0 Å².